The number of imidazole rings is 1. The fourth-order valence-corrected chi connectivity index (χ4v) is 5.49. The van der Waals surface area contributed by atoms with Crippen LogP contribution in [0.25, 0.3) is 21.9 Å². The highest BCUT2D eigenvalue weighted by Gasteiger charge is 2.36. The van der Waals surface area contributed by atoms with Gasteiger partial charge in [-0.05, 0) is 55.7 Å². The lowest BCUT2D eigenvalue weighted by Crippen LogP contribution is -2.41. The van der Waals surface area contributed by atoms with Crippen molar-refractivity contribution in [2.24, 2.45) is 0 Å². The van der Waals surface area contributed by atoms with Gasteiger partial charge >= 0.3 is 5.97 Å². The molecule has 2 N–H and O–H groups in total. The number of aromatic amines is 1. The Morgan fingerprint density at radius 1 is 1.10 bits per heavy atom. The van der Waals surface area contributed by atoms with E-state index in [0.717, 1.165) is 16.6 Å². The van der Waals surface area contributed by atoms with Crippen LogP contribution in [-0.4, -0.2) is 49.3 Å². The van der Waals surface area contributed by atoms with Crippen molar-refractivity contribution in [1.29, 1.82) is 0 Å². The van der Waals surface area contributed by atoms with E-state index in [1.165, 1.54) is 11.2 Å². The molecule has 2 atom stereocenters. The van der Waals surface area contributed by atoms with Crippen LogP contribution in [0.2, 0.25) is 10.0 Å². The average molecular weight is 589 g/mol. The lowest BCUT2D eigenvalue weighted by atomic mass is 10.1. The number of hydrogen-bond donors (Lipinski definition) is 2. The van der Waals surface area contributed by atoms with Gasteiger partial charge in [-0.2, -0.15) is 0 Å². The van der Waals surface area contributed by atoms with Crippen LogP contribution >= 0.6 is 23.2 Å². The normalized spacial score (nSPS) is 15.8. The van der Waals surface area contributed by atoms with Crippen molar-refractivity contribution in [3.63, 3.8) is 0 Å². The summed E-state index contributed by atoms with van der Waals surface area (Å²) in [6.45, 7) is 2.55. The number of ether oxygens (including phenoxy) is 1. The molecule has 0 saturated carbocycles. The first-order valence-corrected chi connectivity index (χ1v) is 14.0. The van der Waals surface area contributed by atoms with E-state index >= 15 is 0 Å². The van der Waals surface area contributed by atoms with Crippen LogP contribution in [-0.2, 0) is 16.1 Å². The largest absolute Gasteiger partial charge is 0.459 e. The minimum Gasteiger partial charge on any atom is -0.459 e. The summed E-state index contributed by atoms with van der Waals surface area (Å²) < 4.78 is 5.53. The van der Waals surface area contributed by atoms with E-state index in [4.69, 9.17) is 27.9 Å². The Kier molecular flexibility index (Phi) is 7.47. The highest BCUT2D eigenvalue weighted by atomic mass is 35.5. The minimum absolute atomic E-state index is 0.155. The van der Waals surface area contributed by atoms with Crippen LogP contribution in [0.5, 0.6) is 0 Å². The van der Waals surface area contributed by atoms with Crippen LogP contribution in [0.3, 0.4) is 0 Å². The number of carbonyl (C=O) groups is 2. The fraction of sp³-hybridized carbons (Fsp3) is 0.233. The van der Waals surface area contributed by atoms with Gasteiger partial charge in [-0.15, -0.1) is 0 Å². The van der Waals surface area contributed by atoms with Gasteiger partial charge in [0.05, 0.1) is 33.2 Å². The van der Waals surface area contributed by atoms with E-state index in [0.29, 0.717) is 47.0 Å². The molecule has 0 bridgehead atoms. The van der Waals surface area contributed by atoms with E-state index in [9.17, 15) is 9.59 Å². The maximum Gasteiger partial charge on any atom is 0.329 e. The molecule has 3 aromatic carbocycles. The van der Waals surface area contributed by atoms with Gasteiger partial charge in [0, 0.05) is 17.0 Å². The van der Waals surface area contributed by atoms with Crippen molar-refractivity contribution in [2.75, 3.05) is 11.9 Å². The summed E-state index contributed by atoms with van der Waals surface area (Å²) in [6.07, 6.45) is 2.66. The molecule has 0 unspecified atom stereocenters. The molecule has 1 aliphatic rings. The van der Waals surface area contributed by atoms with Crippen LogP contribution in [0.1, 0.15) is 47.6 Å². The number of nitrogens with one attached hydrogen (secondary N) is 2. The summed E-state index contributed by atoms with van der Waals surface area (Å²) in [6, 6.07) is 17.3. The standard InChI is InChI=1S/C30H26Cl2N6O3/c1-17(27-36-23-10-9-19(31)12-25(23)37-27)35-28-21-13-22(32)20(14-24(21)33-16-34-28)29(39)38-11-5-8-26(38)30(40)41-15-18-6-3-2-4-7-18/h2-4,6-7,9-10,12-14,16-17,26H,5,8,11,15H2,1H3,(H,36,37)(H,33,34,35)/t17-,26-/m0/s1. The number of rotatable bonds is 7. The van der Waals surface area contributed by atoms with Gasteiger partial charge in [-0.3, -0.25) is 4.79 Å². The molecule has 0 spiro atoms. The van der Waals surface area contributed by atoms with Crippen molar-refractivity contribution in [3.8, 4) is 0 Å². The molecule has 208 valence electrons. The minimum atomic E-state index is -0.667. The van der Waals surface area contributed by atoms with Gasteiger partial charge in [0.1, 0.15) is 30.6 Å². The van der Waals surface area contributed by atoms with Gasteiger partial charge in [0.25, 0.3) is 5.91 Å². The van der Waals surface area contributed by atoms with Gasteiger partial charge < -0.3 is 19.9 Å². The maximum absolute atomic E-state index is 13.6. The Labute approximate surface area is 245 Å². The average Bonchev–Trinajstić information content (AvgIpc) is 3.64. The summed E-state index contributed by atoms with van der Waals surface area (Å²) in [5.41, 5.74) is 3.34. The van der Waals surface area contributed by atoms with E-state index in [1.807, 2.05) is 49.4 Å². The third-order valence-electron chi connectivity index (χ3n) is 7.19. The van der Waals surface area contributed by atoms with Crippen LogP contribution in [0.4, 0.5) is 5.82 Å². The molecule has 5 aromatic rings. The molecule has 1 saturated heterocycles. The maximum atomic E-state index is 13.6. The number of amides is 1. The molecule has 1 aliphatic heterocycles. The molecule has 2 aromatic heterocycles. The zero-order valence-corrected chi connectivity index (χ0v) is 23.6. The highest BCUT2D eigenvalue weighted by Crippen LogP contribution is 2.31. The number of fused-ring (bicyclic) bond motifs is 2. The number of halogens is 2. The zero-order chi connectivity index (χ0) is 28.5. The number of benzene rings is 3. The summed E-state index contributed by atoms with van der Waals surface area (Å²) in [4.78, 5) is 44.8. The number of aromatic nitrogens is 4. The Morgan fingerprint density at radius 2 is 1.93 bits per heavy atom. The lowest BCUT2D eigenvalue weighted by Gasteiger charge is -2.24. The van der Waals surface area contributed by atoms with Crippen LogP contribution in [0, 0.1) is 0 Å². The van der Waals surface area contributed by atoms with Gasteiger partial charge in [0.15, 0.2) is 0 Å². The molecule has 11 heteroatoms. The smallest absolute Gasteiger partial charge is 0.329 e. The molecule has 6 rings (SSSR count). The Bertz CT molecular complexity index is 1760. The van der Waals surface area contributed by atoms with Crippen molar-refractivity contribution in [3.05, 3.63) is 94.0 Å². The number of hydrogen-bond acceptors (Lipinski definition) is 7. The zero-order valence-electron chi connectivity index (χ0n) is 22.1. The van der Waals surface area contributed by atoms with Crippen molar-refractivity contribution in [1.82, 2.24) is 24.8 Å². The molecule has 0 radical (unpaired) electrons. The topological polar surface area (TPSA) is 113 Å². The summed E-state index contributed by atoms with van der Waals surface area (Å²) in [5.74, 6) is 0.502. The molecule has 41 heavy (non-hydrogen) atoms. The first-order valence-electron chi connectivity index (χ1n) is 13.2. The predicted octanol–water partition coefficient (Wildman–Crippen LogP) is 6.33. The van der Waals surface area contributed by atoms with Crippen LogP contribution < -0.4 is 5.32 Å². The van der Waals surface area contributed by atoms with Gasteiger partial charge in [0.2, 0.25) is 0 Å². The van der Waals surface area contributed by atoms with Crippen molar-refractivity contribution < 1.29 is 14.3 Å². The Morgan fingerprint density at radius 3 is 2.76 bits per heavy atom. The molecule has 1 fully saturated rings. The lowest BCUT2D eigenvalue weighted by molar-refractivity contribution is -0.149. The van der Waals surface area contributed by atoms with E-state index in [1.54, 1.807) is 18.2 Å². The van der Waals surface area contributed by atoms with Gasteiger partial charge in [-0.25, -0.2) is 19.7 Å². The third-order valence-corrected chi connectivity index (χ3v) is 7.74. The number of carbonyl (C=O) groups excluding carboxylic acids is 2. The number of anilines is 1. The van der Waals surface area contributed by atoms with Crippen molar-refractivity contribution >= 4 is 62.8 Å². The second kappa shape index (κ2) is 11.3. The second-order valence-electron chi connectivity index (χ2n) is 9.97. The van der Waals surface area contributed by atoms with E-state index in [-0.39, 0.29) is 29.1 Å². The molecule has 3 heterocycles. The summed E-state index contributed by atoms with van der Waals surface area (Å²) in [7, 11) is 0. The Balaban J connectivity index is 1.21. The predicted molar refractivity (Wildman–Crippen MR) is 158 cm³/mol. The SMILES string of the molecule is C[C@H](Nc1ncnc2cc(C(=O)N3CCC[C@H]3C(=O)OCc3ccccc3)c(Cl)cc12)c1nc2ccc(Cl)cc2[nH]1. The molecular weight excluding hydrogens is 563 g/mol. The highest BCUT2D eigenvalue weighted by molar-refractivity contribution is 6.35. The number of H-pyrrole nitrogens is 1. The van der Waals surface area contributed by atoms with Crippen LogP contribution in [0.15, 0.2) is 67.0 Å². The van der Waals surface area contributed by atoms with E-state index in [2.05, 4.69) is 25.3 Å². The summed E-state index contributed by atoms with van der Waals surface area (Å²) >= 11 is 12.8. The third kappa shape index (κ3) is 5.55. The first kappa shape index (κ1) is 27.0. The molecule has 1 amide bonds. The quantitative estimate of drug-likeness (QED) is 0.213. The van der Waals surface area contributed by atoms with Gasteiger partial charge in [-0.1, -0.05) is 53.5 Å². The monoisotopic (exact) mass is 588 g/mol. The number of esters is 1. The first-order chi connectivity index (χ1) is 19.9. The molecule has 9 nitrogen and oxygen atoms in total. The Hall–Kier alpha value is -4.21. The summed E-state index contributed by atoms with van der Waals surface area (Å²) in [5, 5.41) is 4.89. The molecular formula is C30H26Cl2N6O3. The van der Waals surface area contributed by atoms with Crippen molar-refractivity contribution in [2.45, 2.75) is 38.5 Å². The van der Waals surface area contributed by atoms with E-state index < -0.39 is 12.0 Å². The fourth-order valence-electron chi connectivity index (χ4n) is 5.07. The molecule has 0 aliphatic carbocycles. The number of likely N-dealkylation sites (tertiary alicyclic amines) is 1. The number of nitrogens with zero attached hydrogens (tertiary/aromatic N) is 4. The second-order valence-corrected chi connectivity index (χ2v) is 10.8.